The normalized spacial score (nSPS) is 25.3. The first kappa shape index (κ1) is 11.9. The second-order valence-corrected chi connectivity index (χ2v) is 5.17. The molecule has 19 heavy (non-hydrogen) atoms. The van der Waals surface area contributed by atoms with Crippen LogP contribution in [-0.2, 0) is 5.41 Å². The number of rotatable bonds is 2. The van der Waals surface area contributed by atoms with Crippen molar-refractivity contribution < 1.29 is 14.0 Å². The highest BCUT2D eigenvalue weighted by atomic mass is 16.3. The van der Waals surface area contributed by atoms with Gasteiger partial charge in [0.25, 0.3) is 0 Å². The van der Waals surface area contributed by atoms with Crippen LogP contribution < -0.4 is 0 Å². The largest absolute Gasteiger partial charge is 0.460 e. The molecule has 0 bridgehead atoms. The summed E-state index contributed by atoms with van der Waals surface area (Å²) in [7, 11) is 0. The molecule has 1 aromatic rings. The summed E-state index contributed by atoms with van der Waals surface area (Å²) in [4.78, 5) is 24.3. The summed E-state index contributed by atoms with van der Waals surface area (Å²) in [6, 6.07) is 0. The van der Waals surface area contributed by atoms with Crippen LogP contribution in [0, 0.1) is 0 Å². The molecular formula is C16H14O3. The Morgan fingerprint density at radius 2 is 2.05 bits per heavy atom. The van der Waals surface area contributed by atoms with Crippen LogP contribution in [0.25, 0.3) is 0 Å². The zero-order valence-corrected chi connectivity index (χ0v) is 10.8. The third-order valence-corrected chi connectivity index (χ3v) is 4.24. The molecular weight excluding hydrogens is 240 g/mol. The Kier molecular flexibility index (Phi) is 2.30. The maximum Gasteiger partial charge on any atom is 0.228 e. The summed E-state index contributed by atoms with van der Waals surface area (Å²) in [5.74, 6) is 0.116. The molecule has 0 fully saturated rings. The van der Waals surface area contributed by atoms with Crippen molar-refractivity contribution in [3.05, 3.63) is 59.6 Å². The Bertz CT molecular complexity index is 672. The van der Waals surface area contributed by atoms with E-state index >= 15 is 0 Å². The SMILES string of the molecule is C=CC1=C(C=C)C2(C)CCC(=O)c3coc(c32)C1=O. The van der Waals surface area contributed by atoms with E-state index in [1.807, 2.05) is 6.92 Å². The standard InChI is InChI=1S/C16H14O3/c1-4-9-11(5-2)16(3)7-6-12(17)10-8-19-15(13(10)16)14(9)18/h4-5,8H,1-2,6-7H2,3H3. The molecule has 0 aliphatic heterocycles. The van der Waals surface area contributed by atoms with Crippen molar-refractivity contribution in [1.82, 2.24) is 0 Å². The highest BCUT2D eigenvalue weighted by Crippen LogP contribution is 2.49. The van der Waals surface area contributed by atoms with E-state index in [0.29, 0.717) is 24.0 Å². The molecule has 0 saturated carbocycles. The summed E-state index contributed by atoms with van der Waals surface area (Å²) in [6.07, 6.45) is 5.78. The number of allylic oxidation sites excluding steroid dienone is 4. The van der Waals surface area contributed by atoms with Gasteiger partial charge in [-0.15, -0.1) is 0 Å². The minimum Gasteiger partial charge on any atom is -0.460 e. The molecule has 0 saturated heterocycles. The van der Waals surface area contributed by atoms with Crippen LogP contribution in [-0.4, -0.2) is 11.6 Å². The number of furan rings is 1. The molecule has 1 atom stereocenters. The van der Waals surface area contributed by atoms with Gasteiger partial charge in [0.05, 0.1) is 5.56 Å². The summed E-state index contributed by atoms with van der Waals surface area (Å²) in [5, 5.41) is 0. The van der Waals surface area contributed by atoms with Crippen molar-refractivity contribution in [2.24, 2.45) is 0 Å². The predicted molar refractivity (Wildman–Crippen MR) is 71.4 cm³/mol. The molecule has 2 aliphatic carbocycles. The van der Waals surface area contributed by atoms with Gasteiger partial charge in [-0.1, -0.05) is 32.2 Å². The molecule has 3 heteroatoms. The van der Waals surface area contributed by atoms with Gasteiger partial charge in [0.2, 0.25) is 5.78 Å². The van der Waals surface area contributed by atoms with Gasteiger partial charge in [-0.2, -0.15) is 0 Å². The van der Waals surface area contributed by atoms with E-state index in [0.717, 1.165) is 11.1 Å². The summed E-state index contributed by atoms with van der Waals surface area (Å²) >= 11 is 0. The van der Waals surface area contributed by atoms with E-state index in [-0.39, 0.29) is 22.7 Å². The molecule has 0 N–H and O–H groups in total. The fraction of sp³-hybridized carbons (Fsp3) is 0.250. The average molecular weight is 254 g/mol. The third kappa shape index (κ3) is 1.27. The van der Waals surface area contributed by atoms with Gasteiger partial charge in [0.15, 0.2) is 11.5 Å². The van der Waals surface area contributed by atoms with Gasteiger partial charge in [-0.05, 0) is 12.0 Å². The van der Waals surface area contributed by atoms with Gasteiger partial charge in [-0.25, -0.2) is 0 Å². The number of hydrogen-bond acceptors (Lipinski definition) is 3. The minimum atomic E-state index is -0.384. The zero-order valence-electron chi connectivity index (χ0n) is 10.8. The molecule has 3 nitrogen and oxygen atoms in total. The topological polar surface area (TPSA) is 47.3 Å². The van der Waals surface area contributed by atoms with Gasteiger partial charge in [-0.3, -0.25) is 9.59 Å². The molecule has 1 unspecified atom stereocenters. The van der Waals surface area contributed by atoms with Crippen molar-refractivity contribution in [1.29, 1.82) is 0 Å². The molecule has 0 aromatic carbocycles. The summed E-state index contributed by atoms with van der Waals surface area (Å²) in [6.45, 7) is 9.56. The fourth-order valence-corrected chi connectivity index (χ4v) is 3.25. The number of carbonyl (C=O) groups is 2. The molecule has 1 aromatic heterocycles. The lowest BCUT2D eigenvalue weighted by atomic mass is 9.62. The maximum atomic E-state index is 12.4. The lowest BCUT2D eigenvalue weighted by Gasteiger charge is -2.38. The van der Waals surface area contributed by atoms with Gasteiger partial charge < -0.3 is 4.42 Å². The van der Waals surface area contributed by atoms with Gasteiger partial charge in [0, 0.05) is 23.0 Å². The Hall–Kier alpha value is -2.16. The molecule has 96 valence electrons. The van der Waals surface area contributed by atoms with E-state index in [9.17, 15) is 9.59 Å². The number of carbonyl (C=O) groups excluding carboxylic acids is 2. The predicted octanol–water partition coefficient (Wildman–Crippen LogP) is 3.38. The van der Waals surface area contributed by atoms with Crippen molar-refractivity contribution in [2.75, 3.05) is 0 Å². The molecule has 0 spiro atoms. The lowest BCUT2D eigenvalue weighted by molar-refractivity contribution is 0.0958. The maximum absolute atomic E-state index is 12.4. The molecule has 0 radical (unpaired) electrons. The number of Topliss-reactive ketones (excluding diaryl/α,β-unsaturated/α-hetero) is 2. The Morgan fingerprint density at radius 3 is 2.68 bits per heavy atom. The minimum absolute atomic E-state index is 0.0424. The summed E-state index contributed by atoms with van der Waals surface area (Å²) in [5.41, 5.74) is 2.26. The molecule has 1 heterocycles. The smallest absolute Gasteiger partial charge is 0.228 e. The monoisotopic (exact) mass is 254 g/mol. The average Bonchev–Trinajstić information content (AvgIpc) is 2.85. The van der Waals surface area contributed by atoms with Crippen LogP contribution in [0.15, 0.2) is 47.1 Å². The lowest BCUT2D eigenvalue weighted by Crippen LogP contribution is -2.36. The van der Waals surface area contributed by atoms with Crippen molar-refractivity contribution >= 4 is 11.6 Å². The van der Waals surface area contributed by atoms with Gasteiger partial charge in [0.1, 0.15) is 6.26 Å². The first-order chi connectivity index (χ1) is 9.04. The van der Waals surface area contributed by atoms with E-state index in [4.69, 9.17) is 4.42 Å². The summed E-state index contributed by atoms with van der Waals surface area (Å²) < 4.78 is 5.37. The highest BCUT2D eigenvalue weighted by Gasteiger charge is 2.47. The Morgan fingerprint density at radius 1 is 1.32 bits per heavy atom. The second kappa shape index (κ2) is 3.67. The Labute approximate surface area is 111 Å². The van der Waals surface area contributed by atoms with E-state index in [1.54, 1.807) is 12.2 Å². The van der Waals surface area contributed by atoms with Crippen molar-refractivity contribution in [3.8, 4) is 0 Å². The molecule has 3 rings (SSSR count). The molecule has 0 amide bonds. The van der Waals surface area contributed by atoms with Crippen LogP contribution in [0.4, 0.5) is 0 Å². The first-order valence-corrected chi connectivity index (χ1v) is 6.24. The second-order valence-electron chi connectivity index (χ2n) is 5.17. The van der Waals surface area contributed by atoms with Crippen LogP contribution in [0.1, 0.15) is 46.2 Å². The number of ketones is 2. The van der Waals surface area contributed by atoms with Crippen LogP contribution in [0.2, 0.25) is 0 Å². The van der Waals surface area contributed by atoms with Gasteiger partial charge >= 0.3 is 0 Å². The fourth-order valence-electron chi connectivity index (χ4n) is 3.25. The van der Waals surface area contributed by atoms with Crippen molar-refractivity contribution in [2.45, 2.75) is 25.2 Å². The first-order valence-electron chi connectivity index (χ1n) is 6.24. The van der Waals surface area contributed by atoms with E-state index in [2.05, 4.69) is 13.2 Å². The van der Waals surface area contributed by atoms with E-state index in [1.165, 1.54) is 6.26 Å². The highest BCUT2D eigenvalue weighted by molar-refractivity contribution is 6.15. The molecule has 2 aliphatic rings. The number of hydrogen-bond donors (Lipinski definition) is 0. The zero-order chi connectivity index (χ0) is 13.8. The van der Waals surface area contributed by atoms with E-state index < -0.39 is 0 Å². The Balaban J connectivity index is 2.41. The van der Waals surface area contributed by atoms with Crippen LogP contribution in [0.5, 0.6) is 0 Å². The van der Waals surface area contributed by atoms with Crippen molar-refractivity contribution in [3.63, 3.8) is 0 Å². The van der Waals surface area contributed by atoms with Crippen LogP contribution >= 0.6 is 0 Å². The van der Waals surface area contributed by atoms with Crippen LogP contribution in [0.3, 0.4) is 0 Å². The third-order valence-electron chi connectivity index (χ3n) is 4.24. The quantitative estimate of drug-likeness (QED) is 0.812.